The Bertz CT molecular complexity index is 362. The van der Waals surface area contributed by atoms with E-state index in [2.05, 4.69) is 51.3 Å². The Labute approximate surface area is 149 Å². The number of ether oxygens (including phenoxy) is 2. The maximum atomic E-state index is 6.09. The van der Waals surface area contributed by atoms with E-state index in [4.69, 9.17) is 9.47 Å². The van der Waals surface area contributed by atoms with Gasteiger partial charge >= 0.3 is 0 Å². The second kappa shape index (κ2) is 9.51. The van der Waals surface area contributed by atoms with Gasteiger partial charge in [-0.1, -0.05) is 27.7 Å². The van der Waals surface area contributed by atoms with Gasteiger partial charge in [-0.05, 0) is 38.5 Å². The van der Waals surface area contributed by atoms with Gasteiger partial charge < -0.3 is 9.47 Å². The zero-order valence-electron chi connectivity index (χ0n) is 16.8. The fourth-order valence-corrected chi connectivity index (χ4v) is 4.15. The maximum absolute atomic E-state index is 6.09. The first kappa shape index (κ1) is 20.2. The van der Waals surface area contributed by atoms with Crippen LogP contribution in [-0.2, 0) is 9.47 Å². The van der Waals surface area contributed by atoms with Gasteiger partial charge in [0.15, 0.2) is 0 Å². The van der Waals surface area contributed by atoms with Crippen molar-refractivity contribution in [3.63, 3.8) is 0 Å². The van der Waals surface area contributed by atoms with E-state index in [1.807, 2.05) is 0 Å². The smallest absolute Gasteiger partial charge is 0.0703 e. The highest BCUT2D eigenvalue weighted by Crippen LogP contribution is 2.23. The molecule has 2 rings (SSSR count). The Balaban J connectivity index is 1.85. The van der Waals surface area contributed by atoms with Crippen molar-refractivity contribution in [1.82, 2.24) is 9.80 Å². The van der Waals surface area contributed by atoms with E-state index in [0.29, 0.717) is 36.1 Å². The van der Waals surface area contributed by atoms with Crippen LogP contribution in [-0.4, -0.2) is 73.5 Å². The van der Waals surface area contributed by atoms with Crippen molar-refractivity contribution in [2.45, 2.75) is 78.7 Å². The summed E-state index contributed by atoms with van der Waals surface area (Å²) in [6.07, 6.45) is 3.18. The lowest BCUT2D eigenvalue weighted by Gasteiger charge is -2.41. The molecule has 2 aliphatic heterocycles. The van der Waals surface area contributed by atoms with Crippen LogP contribution in [0.5, 0.6) is 0 Å². The lowest BCUT2D eigenvalue weighted by atomic mass is 9.94. The molecule has 0 aromatic rings. The van der Waals surface area contributed by atoms with E-state index in [1.54, 1.807) is 0 Å². The van der Waals surface area contributed by atoms with Gasteiger partial charge in [0.05, 0.1) is 25.4 Å². The van der Waals surface area contributed by atoms with E-state index < -0.39 is 0 Å². The molecule has 2 aliphatic rings. The van der Waals surface area contributed by atoms with Crippen molar-refractivity contribution in [2.75, 3.05) is 39.4 Å². The second-order valence-electron chi connectivity index (χ2n) is 8.54. The highest BCUT2D eigenvalue weighted by Gasteiger charge is 2.29. The predicted octanol–water partition coefficient (Wildman–Crippen LogP) is 3.26. The van der Waals surface area contributed by atoms with E-state index in [9.17, 15) is 0 Å². The zero-order valence-corrected chi connectivity index (χ0v) is 16.8. The second-order valence-corrected chi connectivity index (χ2v) is 8.54. The van der Waals surface area contributed by atoms with Gasteiger partial charge in [-0.15, -0.1) is 0 Å². The van der Waals surface area contributed by atoms with Gasteiger partial charge in [-0.2, -0.15) is 0 Å². The first-order valence-electron chi connectivity index (χ1n) is 10.1. The molecule has 2 fully saturated rings. The Hall–Kier alpha value is -0.160. The van der Waals surface area contributed by atoms with Crippen LogP contribution in [0.4, 0.5) is 0 Å². The summed E-state index contributed by atoms with van der Waals surface area (Å²) in [7, 11) is 0. The van der Waals surface area contributed by atoms with Gasteiger partial charge in [-0.3, -0.25) is 9.80 Å². The predicted molar refractivity (Wildman–Crippen MR) is 100 cm³/mol. The molecule has 0 aromatic heterocycles. The summed E-state index contributed by atoms with van der Waals surface area (Å²) in [6, 6.07) is 1.30. The lowest BCUT2D eigenvalue weighted by molar-refractivity contribution is -0.0634. The van der Waals surface area contributed by atoms with Crippen LogP contribution in [0, 0.1) is 11.8 Å². The Morgan fingerprint density at radius 1 is 0.875 bits per heavy atom. The molecular weight excluding hydrogens is 300 g/mol. The normalized spacial score (nSPS) is 30.0. The van der Waals surface area contributed by atoms with Crippen molar-refractivity contribution < 1.29 is 9.47 Å². The molecule has 4 heteroatoms. The van der Waals surface area contributed by atoms with E-state index in [0.717, 1.165) is 39.4 Å². The first-order chi connectivity index (χ1) is 11.4. The molecule has 2 saturated heterocycles. The average Bonchev–Trinajstić information content (AvgIpc) is 2.54. The fourth-order valence-electron chi connectivity index (χ4n) is 4.15. The summed E-state index contributed by atoms with van der Waals surface area (Å²) < 4.78 is 11.8. The van der Waals surface area contributed by atoms with Crippen LogP contribution < -0.4 is 0 Å². The summed E-state index contributed by atoms with van der Waals surface area (Å²) in [5, 5.41) is 0. The van der Waals surface area contributed by atoms with Gasteiger partial charge in [0.25, 0.3) is 0 Å². The molecule has 0 aromatic carbocycles. The molecule has 0 bridgehead atoms. The Morgan fingerprint density at radius 3 is 2.17 bits per heavy atom. The van der Waals surface area contributed by atoms with E-state index >= 15 is 0 Å². The van der Waals surface area contributed by atoms with E-state index in [1.165, 1.54) is 12.8 Å². The number of nitrogens with zero attached hydrogens (tertiary/aromatic N) is 2. The number of morpholine rings is 2. The standard InChI is InChI=1S/C20H40N2O2/c1-15(2)18(6)21-9-12-24-19(14-21)7-8-20(16(3)4)22-10-11-23-17(5)13-22/h15-20H,7-14H2,1-6H3/t17-,18-,19+,20+/m0/s1. The van der Waals surface area contributed by atoms with Gasteiger partial charge in [-0.25, -0.2) is 0 Å². The SMILES string of the molecule is CC(C)[C@@H](CC[C@@H]1CN([C@@H](C)C(C)C)CCO1)N1CCO[C@@H](C)C1. The van der Waals surface area contributed by atoms with Crippen LogP contribution in [0.1, 0.15) is 54.4 Å². The van der Waals surface area contributed by atoms with Crippen molar-refractivity contribution in [3.8, 4) is 0 Å². The van der Waals surface area contributed by atoms with Crippen molar-refractivity contribution >= 4 is 0 Å². The number of hydrogen-bond acceptors (Lipinski definition) is 4. The molecular formula is C20H40N2O2. The minimum Gasteiger partial charge on any atom is -0.376 e. The van der Waals surface area contributed by atoms with Crippen LogP contribution >= 0.6 is 0 Å². The molecule has 0 saturated carbocycles. The minimum atomic E-state index is 0.369. The highest BCUT2D eigenvalue weighted by atomic mass is 16.5. The summed E-state index contributed by atoms with van der Waals surface area (Å²) in [4.78, 5) is 5.27. The third kappa shape index (κ3) is 5.69. The summed E-state index contributed by atoms with van der Waals surface area (Å²) in [6.45, 7) is 20.0. The summed E-state index contributed by atoms with van der Waals surface area (Å²) in [5.74, 6) is 1.39. The third-order valence-corrected chi connectivity index (χ3v) is 6.01. The maximum Gasteiger partial charge on any atom is 0.0703 e. The number of hydrogen-bond donors (Lipinski definition) is 0. The average molecular weight is 341 g/mol. The highest BCUT2D eigenvalue weighted by molar-refractivity contribution is 4.83. The number of rotatable bonds is 7. The quantitative estimate of drug-likeness (QED) is 0.710. The topological polar surface area (TPSA) is 24.9 Å². The molecule has 142 valence electrons. The van der Waals surface area contributed by atoms with E-state index in [-0.39, 0.29) is 0 Å². The zero-order chi connectivity index (χ0) is 17.7. The van der Waals surface area contributed by atoms with Crippen molar-refractivity contribution in [3.05, 3.63) is 0 Å². The Kier molecular flexibility index (Phi) is 7.99. The van der Waals surface area contributed by atoms with Crippen LogP contribution in [0.3, 0.4) is 0 Å². The molecule has 0 amide bonds. The monoisotopic (exact) mass is 340 g/mol. The van der Waals surface area contributed by atoms with Gasteiger partial charge in [0.1, 0.15) is 0 Å². The molecule has 0 N–H and O–H groups in total. The molecule has 4 nitrogen and oxygen atoms in total. The first-order valence-corrected chi connectivity index (χ1v) is 10.1. The van der Waals surface area contributed by atoms with Crippen LogP contribution in [0.15, 0.2) is 0 Å². The van der Waals surface area contributed by atoms with Crippen molar-refractivity contribution in [1.29, 1.82) is 0 Å². The molecule has 0 unspecified atom stereocenters. The molecule has 2 heterocycles. The lowest BCUT2D eigenvalue weighted by Crippen LogP contribution is -2.50. The molecule has 0 radical (unpaired) electrons. The molecule has 0 aliphatic carbocycles. The largest absolute Gasteiger partial charge is 0.376 e. The molecule has 0 spiro atoms. The Morgan fingerprint density at radius 2 is 1.54 bits per heavy atom. The molecule has 24 heavy (non-hydrogen) atoms. The van der Waals surface area contributed by atoms with Gasteiger partial charge in [0, 0.05) is 38.3 Å². The van der Waals surface area contributed by atoms with Crippen LogP contribution in [0.25, 0.3) is 0 Å². The minimum absolute atomic E-state index is 0.369. The summed E-state index contributed by atoms with van der Waals surface area (Å²) in [5.41, 5.74) is 0. The summed E-state index contributed by atoms with van der Waals surface area (Å²) >= 11 is 0. The van der Waals surface area contributed by atoms with Gasteiger partial charge in [0.2, 0.25) is 0 Å². The molecule has 4 atom stereocenters. The third-order valence-electron chi connectivity index (χ3n) is 6.01. The van der Waals surface area contributed by atoms with Crippen LogP contribution in [0.2, 0.25) is 0 Å². The fraction of sp³-hybridized carbons (Fsp3) is 1.00. The van der Waals surface area contributed by atoms with Crippen molar-refractivity contribution in [2.24, 2.45) is 11.8 Å².